The summed E-state index contributed by atoms with van der Waals surface area (Å²) < 4.78 is 15.9. The van der Waals surface area contributed by atoms with Crippen molar-refractivity contribution in [1.82, 2.24) is 0 Å². The molecule has 0 aliphatic heterocycles. The first-order valence-electron chi connectivity index (χ1n) is 7.35. The lowest BCUT2D eigenvalue weighted by Gasteiger charge is -2.09. The monoisotopic (exact) mass is 312 g/mol. The van der Waals surface area contributed by atoms with Crippen LogP contribution in [0.3, 0.4) is 0 Å². The molecule has 0 N–H and O–H groups in total. The smallest absolute Gasteiger partial charge is 0.185 e. The number of rotatable bonds is 7. The van der Waals surface area contributed by atoms with Gasteiger partial charge in [0.15, 0.2) is 5.78 Å². The van der Waals surface area contributed by atoms with Crippen LogP contribution in [-0.2, 0) is 0 Å². The van der Waals surface area contributed by atoms with E-state index in [1.54, 1.807) is 50.6 Å². The molecular formula is C19H20O4. The molecule has 2 rings (SSSR count). The first-order chi connectivity index (χ1) is 11.2. The van der Waals surface area contributed by atoms with Crippen LogP contribution in [-0.4, -0.2) is 26.6 Å². The van der Waals surface area contributed by atoms with E-state index in [1.165, 1.54) is 6.08 Å². The molecule has 120 valence electrons. The fourth-order valence-electron chi connectivity index (χ4n) is 2.10. The first kappa shape index (κ1) is 16.6. The van der Waals surface area contributed by atoms with E-state index in [1.807, 2.05) is 19.1 Å². The maximum absolute atomic E-state index is 12.3. The number of carbonyl (C=O) groups is 1. The quantitative estimate of drug-likeness (QED) is 0.572. The van der Waals surface area contributed by atoms with Gasteiger partial charge in [0.05, 0.1) is 20.8 Å². The van der Waals surface area contributed by atoms with Gasteiger partial charge in [-0.3, -0.25) is 4.79 Å². The Morgan fingerprint density at radius 3 is 2.48 bits per heavy atom. The van der Waals surface area contributed by atoms with Crippen molar-refractivity contribution in [2.45, 2.75) is 6.92 Å². The van der Waals surface area contributed by atoms with Crippen LogP contribution in [0.15, 0.2) is 48.5 Å². The Balaban J connectivity index is 2.23. The summed E-state index contributed by atoms with van der Waals surface area (Å²) >= 11 is 0. The third kappa shape index (κ3) is 4.36. The lowest BCUT2D eigenvalue weighted by Crippen LogP contribution is -1.97. The Labute approximate surface area is 136 Å². The van der Waals surface area contributed by atoms with Gasteiger partial charge >= 0.3 is 0 Å². The molecule has 0 bridgehead atoms. The maximum atomic E-state index is 12.3. The molecule has 4 nitrogen and oxygen atoms in total. The third-order valence-corrected chi connectivity index (χ3v) is 3.29. The van der Waals surface area contributed by atoms with Crippen molar-refractivity contribution >= 4 is 11.9 Å². The van der Waals surface area contributed by atoms with Crippen LogP contribution in [0.1, 0.15) is 22.8 Å². The van der Waals surface area contributed by atoms with E-state index in [4.69, 9.17) is 14.2 Å². The summed E-state index contributed by atoms with van der Waals surface area (Å²) in [5.41, 5.74) is 1.40. The Morgan fingerprint density at radius 2 is 1.78 bits per heavy atom. The molecule has 0 aliphatic rings. The molecule has 0 saturated heterocycles. The van der Waals surface area contributed by atoms with Gasteiger partial charge in [-0.15, -0.1) is 0 Å². The lowest BCUT2D eigenvalue weighted by molar-refractivity contribution is 0.104. The number of hydrogen-bond donors (Lipinski definition) is 0. The van der Waals surface area contributed by atoms with E-state index < -0.39 is 0 Å². The summed E-state index contributed by atoms with van der Waals surface area (Å²) in [5, 5.41) is 0. The van der Waals surface area contributed by atoms with E-state index >= 15 is 0 Å². The minimum absolute atomic E-state index is 0.0952. The molecule has 0 spiro atoms. The molecule has 2 aromatic carbocycles. The van der Waals surface area contributed by atoms with Gasteiger partial charge in [-0.25, -0.2) is 0 Å². The number of hydrogen-bond acceptors (Lipinski definition) is 4. The van der Waals surface area contributed by atoms with E-state index in [0.717, 1.165) is 5.56 Å². The minimum Gasteiger partial charge on any atom is -0.497 e. The summed E-state index contributed by atoms with van der Waals surface area (Å²) in [4.78, 5) is 12.3. The standard InChI is InChI=1S/C19H20O4/c1-4-23-19-13-17(22-3)10-8-14(19)9-11-18(20)15-6-5-7-16(12-15)21-2/h5-13H,4H2,1-3H3/b11-9+. The average Bonchev–Trinajstić information content (AvgIpc) is 2.60. The molecule has 2 aromatic rings. The summed E-state index contributed by atoms with van der Waals surface area (Å²) in [5.74, 6) is 1.96. The molecule has 0 fully saturated rings. The largest absolute Gasteiger partial charge is 0.497 e. The highest BCUT2D eigenvalue weighted by Gasteiger charge is 2.06. The van der Waals surface area contributed by atoms with Gasteiger partial charge in [-0.05, 0) is 43.3 Å². The van der Waals surface area contributed by atoms with Gasteiger partial charge in [0.2, 0.25) is 0 Å². The predicted octanol–water partition coefficient (Wildman–Crippen LogP) is 4.00. The Hall–Kier alpha value is -2.75. The fraction of sp³-hybridized carbons (Fsp3) is 0.211. The third-order valence-electron chi connectivity index (χ3n) is 3.29. The van der Waals surface area contributed by atoms with Gasteiger partial charge in [-0.2, -0.15) is 0 Å². The summed E-state index contributed by atoms with van der Waals surface area (Å²) in [7, 11) is 3.18. The van der Waals surface area contributed by atoms with Crippen LogP contribution in [0.25, 0.3) is 6.08 Å². The topological polar surface area (TPSA) is 44.8 Å². The van der Waals surface area contributed by atoms with Crippen LogP contribution < -0.4 is 14.2 Å². The average molecular weight is 312 g/mol. The molecule has 0 heterocycles. The van der Waals surface area contributed by atoms with E-state index in [9.17, 15) is 4.79 Å². The van der Waals surface area contributed by atoms with Crippen LogP contribution in [0.4, 0.5) is 0 Å². The number of allylic oxidation sites excluding steroid dienone is 1. The lowest BCUT2D eigenvalue weighted by atomic mass is 10.1. The Kier molecular flexibility index (Phi) is 5.80. The van der Waals surface area contributed by atoms with Crippen molar-refractivity contribution in [2.75, 3.05) is 20.8 Å². The van der Waals surface area contributed by atoms with Gasteiger partial charge < -0.3 is 14.2 Å². The molecule has 0 aliphatic carbocycles. The van der Waals surface area contributed by atoms with Gasteiger partial charge in [-0.1, -0.05) is 12.1 Å². The number of benzene rings is 2. The van der Waals surface area contributed by atoms with Crippen LogP contribution in [0, 0.1) is 0 Å². The zero-order valence-corrected chi connectivity index (χ0v) is 13.5. The zero-order chi connectivity index (χ0) is 16.7. The maximum Gasteiger partial charge on any atom is 0.185 e. The van der Waals surface area contributed by atoms with Crippen molar-refractivity contribution in [2.24, 2.45) is 0 Å². The molecule has 0 saturated carbocycles. The van der Waals surface area contributed by atoms with E-state index in [2.05, 4.69) is 0 Å². The second kappa shape index (κ2) is 8.03. The van der Waals surface area contributed by atoms with Crippen molar-refractivity contribution in [1.29, 1.82) is 0 Å². The second-order valence-electron chi connectivity index (χ2n) is 4.77. The van der Waals surface area contributed by atoms with Gasteiger partial charge in [0.1, 0.15) is 17.2 Å². The minimum atomic E-state index is -0.0952. The van der Waals surface area contributed by atoms with Crippen molar-refractivity contribution in [3.05, 3.63) is 59.7 Å². The van der Waals surface area contributed by atoms with Crippen LogP contribution >= 0.6 is 0 Å². The molecule has 0 amide bonds. The first-order valence-corrected chi connectivity index (χ1v) is 7.35. The molecular weight excluding hydrogens is 292 g/mol. The highest BCUT2D eigenvalue weighted by molar-refractivity contribution is 6.07. The fourth-order valence-corrected chi connectivity index (χ4v) is 2.10. The number of ether oxygens (including phenoxy) is 3. The zero-order valence-electron chi connectivity index (χ0n) is 13.5. The highest BCUT2D eigenvalue weighted by Crippen LogP contribution is 2.26. The number of methoxy groups -OCH3 is 2. The van der Waals surface area contributed by atoms with E-state index in [0.29, 0.717) is 29.4 Å². The summed E-state index contributed by atoms with van der Waals surface area (Å²) in [6, 6.07) is 12.6. The molecule has 23 heavy (non-hydrogen) atoms. The molecule has 0 radical (unpaired) electrons. The highest BCUT2D eigenvalue weighted by atomic mass is 16.5. The predicted molar refractivity (Wildman–Crippen MR) is 90.5 cm³/mol. The Morgan fingerprint density at radius 1 is 1.04 bits per heavy atom. The summed E-state index contributed by atoms with van der Waals surface area (Å²) in [6.45, 7) is 2.45. The molecule has 0 unspecified atom stereocenters. The van der Waals surface area contributed by atoms with E-state index in [-0.39, 0.29) is 5.78 Å². The molecule has 4 heteroatoms. The second-order valence-corrected chi connectivity index (χ2v) is 4.77. The van der Waals surface area contributed by atoms with Crippen molar-refractivity contribution in [3.63, 3.8) is 0 Å². The molecule has 0 atom stereocenters. The Bertz CT molecular complexity index is 704. The normalized spacial score (nSPS) is 10.6. The number of carbonyl (C=O) groups excluding carboxylic acids is 1. The van der Waals surface area contributed by atoms with Gasteiger partial charge in [0.25, 0.3) is 0 Å². The van der Waals surface area contributed by atoms with Gasteiger partial charge in [0, 0.05) is 17.2 Å². The SMILES string of the molecule is CCOc1cc(OC)ccc1/C=C/C(=O)c1cccc(OC)c1. The van der Waals surface area contributed by atoms with Crippen molar-refractivity contribution in [3.8, 4) is 17.2 Å². The summed E-state index contributed by atoms with van der Waals surface area (Å²) in [6.07, 6.45) is 3.27. The van der Waals surface area contributed by atoms with Crippen molar-refractivity contribution < 1.29 is 19.0 Å². The van der Waals surface area contributed by atoms with Crippen LogP contribution in [0.2, 0.25) is 0 Å². The van der Waals surface area contributed by atoms with Crippen LogP contribution in [0.5, 0.6) is 17.2 Å². The number of ketones is 1. The molecule has 0 aromatic heterocycles.